The van der Waals surface area contributed by atoms with Gasteiger partial charge in [0.05, 0.1) is 11.7 Å². The van der Waals surface area contributed by atoms with Gasteiger partial charge in [-0.2, -0.15) is 10.2 Å². The number of amides is 1. The molecule has 1 amide bonds. The van der Waals surface area contributed by atoms with E-state index in [1.165, 1.54) is 0 Å². The van der Waals surface area contributed by atoms with Gasteiger partial charge in [0.2, 0.25) is 0 Å². The van der Waals surface area contributed by atoms with E-state index in [-0.39, 0.29) is 18.7 Å². The summed E-state index contributed by atoms with van der Waals surface area (Å²) >= 11 is 6.18. The number of hydrogen-bond donors (Lipinski definition) is 1. The maximum absolute atomic E-state index is 12.5. The molecule has 7 nitrogen and oxygen atoms in total. The number of nitrogens with one attached hydrogen (secondary N) is 1. The number of carbonyl (C=O) groups is 1. The average Bonchev–Trinajstić information content (AvgIpc) is 3.23. The zero-order valence-corrected chi connectivity index (χ0v) is 17.4. The van der Waals surface area contributed by atoms with Crippen molar-refractivity contribution in [1.29, 1.82) is 0 Å². The summed E-state index contributed by atoms with van der Waals surface area (Å²) in [4.78, 5) is 12.5. The van der Waals surface area contributed by atoms with E-state index < -0.39 is 0 Å². The maximum atomic E-state index is 12.5. The molecule has 1 atom stereocenters. The number of hydrogen-bond acceptors (Lipinski definition) is 4. The summed E-state index contributed by atoms with van der Waals surface area (Å²) in [6.45, 7) is 7.91. The molecule has 0 spiro atoms. The predicted molar refractivity (Wildman–Crippen MR) is 108 cm³/mol. The van der Waals surface area contributed by atoms with Crippen LogP contribution >= 0.6 is 11.6 Å². The Morgan fingerprint density at radius 2 is 1.93 bits per heavy atom. The normalized spacial score (nSPS) is 12.1. The van der Waals surface area contributed by atoms with Gasteiger partial charge in [-0.1, -0.05) is 11.6 Å². The van der Waals surface area contributed by atoms with E-state index in [2.05, 4.69) is 15.5 Å². The Morgan fingerprint density at radius 3 is 2.54 bits per heavy atom. The van der Waals surface area contributed by atoms with E-state index in [1.54, 1.807) is 21.6 Å². The fourth-order valence-electron chi connectivity index (χ4n) is 3.08. The van der Waals surface area contributed by atoms with Crippen molar-refractivity contribution in [2.75, 3.05) is 0 Å². The predicted octanol–water partition coefficient (Wildman–Crippen LogP) is 3.72. The highest BCUT2D eigenvalue weighted by Gasteiger charge is 2.17. The summed E-state index contributed by atoms with van der Waals surface area (Å²) < 4.78 is 9.08. The van der Waals surface area contributed by atoms with Crippen LogP contribution in [0.5, 0.6) is 5.75 Å². The molecule has 2 aromatic heterocycles. The van der Waals surface area contributed by atoms with Gasteiger partial charge in [-0.05, 0) is 57.0 Å². The first kappa shape index (κ1) is 19.9. The fraction of sp³-hybridized carbons (Fsp3) is 0.350. The van der Waals surface area contributed by atoms with Crippen LogP contribution in [-0.4, -0.2) is 25.5 Å². The average molecular weight is 402 g/mol. The van der Waals surface area contributed by atoms with Crippen molar-refractivity contribution in [2.45, 2.75) is 40.5 Å². The summed E-state index contributed by atoms with van der Waals surface area (Å²) in [6.07, 6.45) is 3.62. The SMILES string of the molecule is Cc1cc(OCn2ccc(C(=O)N[C@H](C)c3cn(C)nc3C)n2)cc(C)c1Cl. The van der Waals surface area contributed by atoms with Gasteiger partial charge in [0.15, 0.2) is 6.73 Å². The minimum Gasteiger partial charge on any atom is -0.471 e. The molecule has 3 aromatic rings. The zero-order chi connectivity index (χ0) is 20.4. The summed E-state index contributed by atoms with van der Waals surface area (Å²) in [5.41, 5.74) is 4.11. The van der Waals surface area contributed by atoms with Crippen LogP contribution in [0.2, 0.25) is 5.02 Å². The molecule has 0 bridgehead atoms. The Kier molecular flexibility index (Phi) is 5.74. The van der Waals surface area contributed by atoms with Crippen LogP contribution in [-0.2, 0) is 13.8 Å². The number of ether oxygens (including phenoxy) is 1. The summed E-state index contributed by atoms with van der Waals surface area (Å²) in [6, 6.07) is 5.26. The quantitative estimate of drug-likeness (QED) is 0.683. The Hall–Kier alpha value is -2.80. The van der Waals surface area contributed by atoms with Gasteiger partial charge in [-0.15, -0.1) is 0 Å². The summed E-state index contributed by atoms with van der Waals surface area (Å²) in [7, 11) is 1.86. The smallest absolute Gasteiger partial charge is 0.272 e. The lowest BCUT2D eigenvalue weighted by Crippen LogP contribution is -2.27. The van der Waals surface area contributed by atoms with Crippen molar-refractivity contribution in [2.24, 2.45) is 7.05 Å². The van der Waals surface area contributed by atoms with Crippen LogP contribution in [0.25, 0.3) is 0 Å². The van der Waals surface area contributed by atoms with Gasteiger partial charge in [-0.3, -0.25) is 9.48 Å². The van der Waals surface area contributed by atoms with Gasteiger partial charge < -0.3 is 10.1 Å². The zero-order valence-electron chi connectivity index (χ0n) is 16.7. The molecule has 0 saturated heterocycles. The summed E-state index contributed by atoms with van der Waals surface area (Å²) in [5.74, 6) is 0.467. The molecule has 0 unspecified atom stereocenters. The highest BCUT2D eigenvalue weighted by Crippen LogP contribution is 2.26. The van der Waals surface area contributed by atoms with E-state index in [4.69, 9.17) is 16.3 Å². The number of aryl methyl sites for hydroxylation is 4. The molecule has 8 heteroatoms. The third-order valence-corrected chi connectivity index (χ3v) is 5.11. The van der Waals surface area contributed by atoms with Crippen molar-refractivity contribution >= 4 is 17.5 Å². The lowest BCUT2D eigenvalue weighted by molar-refractivity contribution is 0.0932. The second-order valence-electron chi connectivity index (χ2n) is 6.92. The van der Waals surface area contributed by atoms with E-state index in [0.29, 0.717) is 11.4 Å². The number of halogens is 1. The van der Waals surface area contributed by atoms with E-state index in [1.807, 2.05) is 53.1 Å². The van der Waals surface area contributed by atoms with Gasteiger partial charge in [0, 0.05) is 30.0 Å². The molecule has 0 saturated carbocycles. The Morgan fingerprint density at radius 1 is 1.25 bits per heavy atom. The van der Waals surface area contributed by atoms with Crippen LogP contribution < -0.4 is 10.1 Å². The first-order valence-electron chi connectivity index (χ1n) is 8.98. The van der Waals surface area contributed by atoms with Crippen LogP contribution in [0.1, 0.15) is 45.8 Å². The second kappa shape index (κ2) is 8.06. The second-order valence-corrected chi connectivity index (χ2v) is 7.30. The van der Waals surface area contributed by atoms with Crippen LogP contribution in [0.4, 0.5) is 0 Å². The molecule has 2 heterocycles. The minimum atomic E-state index is -0.243. The molecule has 0 fully saturated rings. The molecule has 3 rings (SSSR count). The fourth-order valence-corrected chi connectivity index (χ4v) is 3.19. The van der Waals surface area contributed by atoms with Crippen molar-refractivity contribution < 1.29 is 9.53 Å². The standard InChI is InChI=1S/C20H24ClN5O2/c1-12-8-16(9-13(2)19(12)21)28-11-26-7-6-18(24-26)20(27)22-14(3)17-10-25(5)23-15(17)4/h6-10,14H,11H2,1-5H3,(H,22,27)/t14-/m1/s1. The highest BCUT2D eigenvalue weighted by molar-refractivity contribution is 6.32. The van der Waals surface area contributed by atoms with Gasteiger partial charge in [-0.25, -0.2) is 4.68 Å². The molecule has 0 aliphatic heterocycles. The maximum Gasteiger partial charge on any atom is 0.272 e. The van der Waals surface area contributed by atoms with Crippen LogP contribution in [0.3, 0.4) is 0 Å². The molecule has 148 valence electrons. The number of nitrogens with zero attached hydrogens (tertiary/aromatic N) is 4. The van der Waals surface area contributed by atoms with Crippen LogP contribution in [0.15, 0.2) is 30.6 Å². The molecule has 0 radical (unpaired) electrons. The number of aromatic nitrogens is 4. The van der Waals surface area contributed by atoms with Crippen LogP contribution in [0, 0.1) is 20.8 Å². The third-order valence-electron chi connectivity index (χ3n) is 4.51. The van der Waals surface area contributed by atoms with E-state index in [9.17, 15) is 4.79 Å². The molecular weight excluding hydrogens is 378 g/mol. The summed E-state index contributed by atoms with van der Waals surface area (Å²) in [5, 5.41) is 12.3. The Bertz CT molecular complexity index is 985. The molecule has 1 aromatic carbocycles. The largest absolute Gasteiger partial charge is 0.471 e. The molecule has 0 aliphatic carbocycles. The lowest BCUT2D eigenvalue weighted by Gasteiger charge is -2.12. The van der Waals surface area contributed by atoms with Crippen molar-refractivity contribution in [3.63, 3.8) is 0 Å². The Balaban J connectivity index is 1.62. The first-order chi connectivity index (χ1) is 13.2. The molecule has 28 heavy (non-hydrogen) atoms. The lowest BCUT2D eigenvalue weighted by atomic mass is 10.1. The van der Waals surface area contributed by atoms with Gasteiger partial charge >= 0.3 is 0 Å². The minimum absolute atomic E-state index is 0.164. The molecule has 1 N–H and O–H groups in total. The Labute approximate surface area is 169 Å². The van der Waals surface area contributed by atoms with E-state index >= 15 is 0 Å². The third kappa shape index (κ3) is 4.36. The molecular formula is C20H24ClN5O2. The number of carbonyl (C=O) groups excluding carboxylic acids is 1. The van der Waals surface area contributed by atoms with Gasteiger partial charge in [0.25, 0.3) is 5.91 Å². The number of rotatable bonds is 6. The molecule has 0 aliphatic rings. The first-order valence-corrected chi connectivity index (χ1v) is 9.36. The van der Waals surface area contributed by atoms with Crippen molar-refractivity contribution in [1.82, 2.24) is 24.9 Å². The monoisotopic (exact) mass is 401 g/mol. The van der Waals surface area contributed by atoms with Crippen molar-refractivity contribution in [3.8, 4) is 5.75 Å². The number of benzene rings is 1. The van der Waals surface area contributed by atoms with Crippen molar-refractivity contribution in [3.05, 3.63) is 63.7 Å². The van der Waals surface area contributed by atoms with E-state index in [0.717, 1.165) is 27.4 Å². The topological polar surface area (TPSA) is 74.0 Å². The van der Waals surface area contributed by atoms with Gasteiger partial charge in [0.1, 0.15) is 11.4 Å². The highest BCUT2D eigenvalue weighted by atomic mass is 35.5.